The SMILES string of the molecule is Cc1ccc2c(C)c(C)c(C)nc2n1. The molecule has 0 spiro atoms. The molecule has 0 atom stereocenters. The minimum Gasteiger partial charge on any atom is -0.233 e. The molecule has 0 N–H and O–H groups in total. The van der Waals surface area contributed by atoms with Crippen LogP contribution < -0.4 is 0 Å². The highest BCUT2D eigenvalue weighted by molar-refractivity contribution is 5.80. The predicted molar refractivity (Wildman–Crippen MR) is 58.5 cm³/mol. The van der Waals surface area contributed by atoms with E-state index in [1.165, 1.54) is 16.5 Å². The number of fused-ring (bicyclic) bond motifs is 1. The lowest BCUT2D eigenvalue weighted by atomic mass is 10.1. The van der Waals surface area contributed by atoms with Crippen LogP contribution in [-0.4, -0.2) is 9.97 Å². The molecule has 0 bridgehead atoms. The Morgan fingerprint density at radius 3 is 2.29 bits per heavy atom. The van der Waals surface area contributed by atoms with Crippen molar-refractivity contribution in [1.29, 1.82) is 0 Å². The molecular weight excluding hydrogens is 172 g/mol. The highest BCUT2D eigenvalue weighted by atomic mass is 14.9. The van der Waals surface area contributed by atoms with E-state index in [1.807, 2.05) is 19.9 Å². The molecule has 0 unspecified atom stereocenters. The molecule has 0 aliphatic carbocycles. The van der Waals surface area contributed by atoms with Gasteiger partial charge in [0.15, 0.2) is 5.65 Å². The number of aryl methyl sites for hydroxylation is 3. The largest absolute Gasteiger partial charge is 0.233 e. The van der Waals surface area contributed by atoms with Gasteiger partial charge in [0.2, 0.25) is 0 Å². The minimum absolute atomic E-state index is 0.866. The Morgan fingerprint density at radius 1 is 0.857 bits per heavy atom. The lowest BCUT2D eigenvalue weighted by molar-refractivity contribution is 1.12. The quantitative estimate of drug-likeness (QED) is 0.632. The van der Waals surface area contributed by atoms with Crippen molar-refractivity contribution in [2.24, 2.45) is 0 Å². The second-order valence-electron chi connectivity index (χ2n) is 3.77. The van der Waals surface area contributed by atoms with Gasteiger partial charge in [-0.25, -0.2) is 9.97 Å². The van der Waals surface area contributed by atoms with E-state index in [2.05, 4.69) is 29.9 Å². The second-order valence-corrected chi connectivity index (χ2v) is 3.77. The summed E-state index contributed by atoms with van der Waals surface area (Å²) in [6.45, 7) is 8.26. The maximum atomic E-state index is 4.49. The summed E-state index contributed by atoms with van der Waals surface area (Å²) in [6.07, 6.45) is 0. The average molecular weight is 186 g/mol. The highest BCUT2D eigenvalue weighted by Crippen LogP contribution is 2.20. The first-order valence-corrected chi connectivity index (χ1v) is 4.81. The maximum absolute atomic E-state index is 4.49. The molecule has 0 fully saturated rings. The Morgan fingerprint density at radius 2 is 1.57 bits per heavy atom. The van der Waals surface area contributed by atoms with Crippen LogP contribution in [0.3, 0.4) is 0 Å². The number of pyridine rings is 2. The summed E-state index contributed by atoms with van der Waals surface area (Å²) >= 11 is 0. The summed E-state index contributed by atoms with van der Waals surface area (Å²) in [5, 5.41) is 1.17. The van der Waals surface area contributed by atoms with Gasteiger partial charge >= 0.3 is 0 Å². The van der Waals surface area contributed by atoms with E-state index in [9.17, 15) is 0 Å². The molecule has 2 nitrogen and oxygen atoms in total. The topological polar surface area (TPSA) is 25.8 Å². The van der Waals surface area contributed by atoms with Gasteiger partial charge in [-0.05, 0) is 51.0 Å². The molecule has 2 heterocycles. The van der Waals surface area contributed by atoms with Gasteiger partial charge in [-0.1, -0.05) is 0 Å². The molecule has 14 heavy (non-hydrogen) atoms. The highest BCUT2D eigenvalue weighted by Gasteiger charge is 2.05. The molecule has 2 aromatic heterocycles. The van der Waals surface area contributed by atoms with Crippen LogP contribution in [0.15, 0.2) is 12.1 Å². The van der Waals surface area contributed by atoms with Crippen LogP contribution >= 0.6 is 0 Å². The molecule has 0 saturated heterocycles. The lowest BCUT2D eigenvalue weighted by Gasteiger charge is -2.07. The first kappa shape index (κ1) is 9.13. The van der Waals surface area contributed by atoms with Gasteiger partial charge in [-0.15, -0.1) is 0 Å². The minimum atomic E-state index is 0.866. The zero-order valence-electron chi connectivity index (χ0n) is 9.05. The average Bonchev–Trinajstić information content (AvgIpc) is 2.14. The molecule has 0 aliphatic heterocycles. The third kappa shape index (κ3) is 1.27. The van der Waals surface area contributed by atoms with Crippen LogP contribution in [-0.2, 0) is 0 Å². The van der Waals surface area contributed by atoms with Gasteiger partial charge in [-0.3, -0.25) is 0 Å². The van der Waals surface area contributed by atoms with E-state index in [0.717, 1.165) is 17.0 Å². The Balaban J connectivity index is 2.91. The van der Waals surface area contributed by atoms with Crippen molar-refractivity contribution >= 4 is 11.0 Å². The van der Waals surface area contributed by atoms with E-state index in [0.29, 0.717) is 0 Å². The van der Waals surface area contributed by atoms with Crippen LogP contribution in [0.4, 0.5) is 0 Å². The van der Waals surface area contributed by atoms with Crippen molar-refractivity contribution in [2.75, 3.05) is 0 Å². The molecule has 0 amide bonds. The smallest absolute Gasteiger partial charge is 0.159 e. The normalized spacial score (nSPS) is 10.9. The van der Waals surface area contributed by atoms with Gasteiger partial charge in [-0.2, -0.15) is 0 Å². The fraction of sp³-hybridized carbons (Fsp3) is 0.333. The first-order chi connectivity index (χ1) is 6.59. The lowest BCUT2D eigenvalue weighted by Crippen LogP contribution is -1.96. The van der Waals surface area contributed by atoms with E-state index in [4.69, 9.17) is 0 Å². The Labute approximate surface area is 84.0 Å². The van der Waals surface area contributed by atoms with Gasteiger partial charge in [0.1, 0.15) is 0 Å². The Hall–Kier alpha value is -1.44. The number of aromatic nitrogens is 2. The molecule has 2 rings (SSSR count). The van der Waals surface area contributed by atoms with Crippen LogP contribution in [0.25, 0.3) is 11.0 Å². The van der Waals surface area contributed by atoms with Crippen molar-refractivity contribution in [3.8, 4) is 0 Å². The fourth-order valence-electron chi connectivity index (χ4n) is 1.64. The number of rotatable bonds is 0. The van der Waals surface area contributed by atoms with E-state index in [-0.39, 0.29) is 0 Å². The molecule has 2 aromatic rings. The van der Waals surface area contributed by atoms with E-state index < -0.39 is 0 Å². The third-order valence-corrected chi connectivity index (χ3v) is 2.80. The molecule has 0 saturated carbocycles. The third-order valence-electron chi connectivity index (χ3n) is 2.80. The molecule has 0 radical (unpaired) electrons. The van der Waals surface area contributed by atoms with Crippen molar-refractivity contribution in [3.63, 3.8) is 0 Å². The first-order valence-electron chi connectivity index (χ1n) is 4.81. The monoisotopic (exact) mass is 186 g/mol. The summed E-state index contributed by atoms with van der Waals surface area (Å²) in [6, 6.07) is 4.14. The van der Waals surface area contributed by atoms with Crippen molar-refractivity contribution in [3.05, 3.63) is 34.6 Å². The Kier molecular flexibility index (Phi) is 1.99. The summed E-state index contributed by atoms with van der Waals surface area (Å²) in [7, 11) is 0. The van der Waals surface area contributed by atoms with Crippen molar-refractivity contribution < 1.29 is 0 Å². The summed E-state index contributed by atoms with van der Waals surface area (Å²) in [5.41, 5.74) is 5.52. The molecule has 0 aliphatic rings. The van der Waals surface area contributed by atoms with Gasteiger partial charge in [0, 0.05) is 16.8 Å². The van der Waals surface area contributed by atoms with E-state index >= 15 is 0 Å². The van der Waals surface area contributed by atoms with Crippen molar-refractivity contribution in [2.45, 2.75) is 27.7 Å². The number of hydrogen-bond acceptors (Lipinski definition) is 2. The van der Waals surface area contributed by atoms with Crippen LogP contribution in [0.2, 0.25) is 0 Å². The summed E-state index contributed by atoms with van der Waals surface area (Å²) < 4.78 is 0. The van der Waals surface area contributed by atoms with Gasteiger partial charge < -0.3 is 0 Å². The molecular formula is C12H14N2. The predicted octanol–water partition coefficient (Wildman–Crippen LogP) is 2.86. The van der Waals surface area contributed by atoms with Gasteiger partial charge in [0.25, 0.3) is 0 Å². The summed E-state index contributed by atoms with van der Waals surface area (Å²) in [5.74, 6) is 0. The standard InChI is InChI=1S/C12H14N2/c1-7-5-6-11-9(3)8(2)10(4)14-12(11)13-7/h5-6H,1-4H3. The van der Waals surface area contributed by atoms with E-state index in [1.54, 1.807) is 0 Å². The molecule has 0 aromatic carbocycles. The zero-order valence-corrected chi connectivity index (χ0v) is 9.05. The Bertz CT molecular complexity index is 501. The maximum Gasteiger partial charge on any atom is 0.159 e. The summed E-state index contributed by atoms with van der Waals surface area (Å²) in [4.78, 5) is 8.91. The fourth-order valence-corrected chi connectivity index (χ4v) is 1.64. The second kappa shape index (κ2) is 3.05. The number of hydrogen-bond donors (Lipinski definition) is 0. The van der Waals surface area contributed by atoms with Crippen LogP contribution in [0.1, 0.15) is 22.5 Å². The number of nitrogens with zero attached hydrogens (tertiary/aromatic N) is 2. The van der Waals surface area contributed by atoms with Gasteiger partial charge in [0.05, 0.1) is 0 Å². The van der Waals surface area contributed by atoms with Crippen molar-refractivity contribution in [1.82, 2.24) is 9.97 Å². The molecule has 72 valence electrons. The molecule has 2 heteroatoms. The zero-order chi connectivity index (χ0) is 10.3. The van der Waals surface area contributed by atoms with Crippen LogP contribution in [0, 0.1) is 27.7 Å². The van der Waals surface area contributed by atoms with Crippen LogP contribution in [0.5, 0.6) is 0 Å².